The molecule has 0 fully saturated rings. The number of esters is 1. The average molecular weight is 694 g/mol. The summed E-state index contributed by atoms with van der Waals surface area (Å²) in [5.74, 6) is 3.95. The van der Waals surface area contributed by atoms with Crippen LogP contribution in [0.15, 0.2) is 60.7 Å². The summed E-state index contributed by atoms with van der Waals surface area (Å²) < 4.78 is 37.4. The lowest BCUT2D eigenvalue weighted by atomic mass is 9.87. The smallest absolute Gasteiger partial charge is 0.325 e. The van der Waals surface area contributed by atoms with E-state index in [0.717, 1.165) is 54.8 Å². The normalized spacial score (nSPS) is 18.5. The summed E-state index contributed by atoms with van der Waals surface area (Å²) in [6.07, 6.45) is 3.08. The molecule has 4 aromatic carbocycles. The molecule has 0 spiro atoms. The zero-order valence-electron chi connectivity index (χ0n) is 30.6. The minimum absolute atomic E-state index is 0.0918. The van der Waals surface area contributed by atoms with Gasteiger partial charge in [-0.2, -0.15) is 0 Å². The predicted octanol–water partition coefficient (Wildman–Crippen LogP) is 6.62. The van der Waals surface area contributed by atoms with Gasteiger partial charge in [-0.25, -0.2) is 0 Å². The van der Waals surface area contributed by atoms with E-state index < -0.39 is 5.97 Å². The van der Waals surface area contributed by atoms with Crippen LogP contribution in [-0.4, -0.2) is 89.8 Å². The quantitative estimate of drug-likeness (QED) is 0.162. The van der Waals surface area contributed by atoms with Crippen molar-refractivity contribution in [1.29, 1.82) is 0 Å². The molecule has 51 heavy (non-hydrogen) atoms. The van der Waals surface area contributed by atoms with Crippen molar-refractivity contribution in [3.8, 4) is 46.0 Å². The van der Waals surface area contributed by atoms with E-state index in [1.807, 2.05) is 44.4 Å². The van der Waals surface area contributed by atoms with Crippen molar-refractivity contribution in [3.05, 3.63) is 94.0 Å². The molecule has 0 aromatic heterocycles. The van der Waals surface area contributed by atoms with Crippen molar-refractivity contribution in [2.45, 2.75) is 37.8 Å². The zero-order chi connectivity index (χ0) is 35.8. The second-order valence-electron chi connectivity index (χ2n) is 14.0. The lowest BCUT2D eigenvalue weighted by molar-refractivity contribution is -0.135. The lowest BCUT2D eigenvalue weighted by Crippen LogP contribution is -2.34. The summed E-state index contributed by atoms with van der Waals surface area (Å²) in [7, 11) is 12.9. The summed E-state index contributed by atoms with van der Waals surface area (Å²) in [6, 6.07) is 20.6. The van der Waals surface area contributed by atoms with E-state index in [1.165, 1.54) is 16.7 Å². The molecular formula is C41H47N3O7. The molecule has 4 aliphatic heterocycles. The van der Waals surface area contributed by atoms with Crippen LogP contribution in [0, 0.1) is 0 Å². The number of likely N-dealkylation sites (N-methyl/N-ethyl adjacent to an activating group) is 3. The standard InChI is InChI=1S/C41H47N3O7/c1-42(2)24-38(45)51-40-37(48-7)22-28-15-17-44(4)32-19-26-10-13-33(46-5)35(20-26)49-29-11-8-25(9-12-29)18-31-30-23-36(50-41(40)39(28)32)34(47-6)21-27(30)14-16-43(31)3/h8-13,20-23,31-32H,14-19,24H2,1-7H3. The van der Waals surface area contributed by atoms with Gasteiger partial charge in [-0.05, 0) is 124 Å². The Balaban J connectivity index is 1.47. The van der Waals surface area contributed by atoms with E-state index >= 15 is 0 Å². The molecule has 2 atom stereocenters. The SMILES string of the molecule is COc1ccc2cc1Oc1ccc(cc1)CC1c3cc(c(OC)cc3CCN1C)Oc1c(OC(=O)CN(C)C)c(OC)cc3c1C(C2)N(C)CC3. The van der Waals surface area contributed by atoms with Crippen LogP contribution in [-0.2, 0) is 30.5 Å². The summed E-state index contributed by atoms with van der Waals surface area (Å²) in [4.78, 5) is 19.8. The molecule has 8 rings (SSSR count). The molecule has 0 saturated heterocycles. The minimum atomic E-state index is -0.417. The summed E-state index contributed by atoms with van der Waals surface area (Å²) in [5.41, 5.74) is 6.67. The molecule has 10 nitrogen and oxygen atoms in total. The van der Waals surface area contributed by atoms with Crippen molar-refractivity contribution in [1.82, 2.24) is 14.7 Å². The third-order valence-electron chi connectivity index (χ3n) is 10.3. The van der Waals surface area contributed by atoms with Gasteiger partial charge in [-0.15, -0.1) is 0 Å². The fraction of sp³-hybridized carbons (Fsp3) is 0.390. The van der Waals surface area contributed by atoms with Gasteiger partial charge in [0.15, 0.2) is 34.5 Å². The number of methoxy groups -OCH3 is 3. The Morgan fingerprint density at radius 3 is 2.08 bits per heavy atom. The highest BCUT2D eigenvalue weighted by Crippen LogP contribution is 2.52. The number of rotatable bonds is 6. The number of hydrogen-bond acceptors (Lipinski definition) is 10. The first kappa shape index (κ1) is 34.7. The van der Waals surface area contributed by atoms with Crippen LogP contribution in [0.3, 0.4) is 0 Å². The topological polar surface area (TPSA) is 82.2 Å². The number of hydrogen-bond donors (Lipinski definition) is 0. The van der Waals surface area contributed by atoms with E-state index in [1.54, 1.807) is 26.2 Å². The minimum Gasteiger partial charge on any atom is -0.493 e. The van der Waals surface area contributed by atoms with E-state index in [9.17, 15) is 4.79 Å². The molecule has 0 saturated carbocycles. The molecule has 4 aliphatic rings. The van der Waals surface area contributed by atoms with E-state index in [-0.39, 0.29) is 24.4 Å². The Morgan fingerprint density at radius 1 is 0.745 bits per heavy atom. The van der Waals surface area contributed by atoms with Crippen LogP contribution < -0.4 is 28.4 Å². The van der Waals surface area contributed by atoms with Crippen LogP contribution in [0.1, 0.15) is 45.5 Å². The maximum atomic E-state index is 13.3. The Hall–Kier alpha value is -4.77. The lowest BCUT2D eigenvalue weighted by Gasteiger charge is -2.37. The number of carbonyl (C=O) groups excluding carboxylic acids is 1. The highest BCUT2D eigenvalue weighted by molar-refractivity contribution is 5.78. The second kappa shape index (κ2) is 14.5. The van der Waals surface area contributed by atoms with E-state index in [2.05, 4.69) is 54.2 Å². The molecule has 0 radical (unpaired) electrons. The highest BCUT2D eigenvalue weighted by atomic mass is 16.6. The Bertz CT molecular complexity index is 1930. The molecule has 4 heterocycles. The fourth-order valence-corrected chi connectivity index (χ4v) is 7.58. The maximum Gasteiger partial charge on any atom is 0.325 e. The Labute approximate surface area is 300 Å². The van der Waals surface area contributed by atoms with E-state index in [4.69, 9.17) is 28.4 Å². The first-order chi connectivity index (χ1) is 24.6. The van der Waals surface area contributed by atoms with Crippen molar-refractivity contribution in [2.24, 2.45) is 0 Å². The number of ether oxygens (including phenoxy) is 6. The van der Waals surface area contributed by atoms with E-state index in [0.29, 0.717) is 40.9 Å². The largest absolute Gasteiger partial charge is 0.493 e. The van der Waals surface area contributed by atoms with Gasteiger partial charge in [0.25, 0.3) is 0 Å². The van der Waals surface area contributed by atoms with Crippen LogP contribution >= 0.6 is 0 Å². The third kappa shape index (κ3) is 6.96. The molecule has 0 N–H and O–H groups in total. The molecule has 268 valence electrons. The van der Waals surface area contributed by atoms with Crippen molar-refractivity contribution >= 4 is 5.97 Å². The number of fused-ring (bicyclic) bond motifs is 2. The van der Waals surface area contributed by atoms with Gasteiger partial charge < -0.3 is 28.4 Å². The van der Waals surface area contributed by atoms with Gasteiger partial charge in [0.05, 0.1) is 27.9 Å². The fourth-order valence-electron chi connectivity index (χ4n) is 7.58. The summed E-state index contributed by atoms with van der Waals surface area (Å²) >= 11 is 0. The maximum absolute atomic E-state index is 13.3. The molecule has 4 aromatic rings. The summed E-state index contributed by atoms with van der Waals surface area (Å²) in [6.45, 7) is 1.83. The third-order valence-corrected chi connectivity index (χ3v) is 10.3. The molecule has 0 amide bonds. The molecule has 0 aliphatic carbocycles. The van der Waals surface area contributed by atoms with Gasteiger partial charge in [0, 0.05) is 30.7 Å². The second-order valence-corrected chi connectivity index (χ2v) is 14.0. The molecule has 2 unspecified atom stereocenters. The molecule has 6 bridgehead atoms. The van der Waals surface area contributed by atoms with Crippen LogP contribution in [0.4, 0.5) is 0 Å². The van der Waals surface area contributed by atoms with Crippen molar-refractivity contribution < 1.29 is 33.2 Å². The van der Waals surface area contributed by atoms with Gasteiger partial charge in [-0.3, -0.25) is 19.5 Å². The molecule has 10 heteroatoms. The predicted molar refractivity (Wildman–Crippen MR) is 195 cm³/mol. The number of nitrogens with zero attached hydrogens (tertiary/aromatic N) is 3. The number of carbonyl (C=O) groups is 1. The van der Waals surface area contributed by atoms with Crippen LogP contribution in [0.25, 0.3) is 0 Å². The van der Waals surface area contributed by atoms with Crippen LogP contribution in [0.5, 0.6) is 46.0 Å². The Morgan fingerprint density at radius 2 is 1.37 bits per heavy atom. The average Bonchev–Trinajstić information content (AvgIpc) is 3.11. The molecular weight excluding hydrogens is 646 g/mol. The van der Waals surface area contributed by atoms with Crippen molar-refractivity contribution in [2.75, 3.05) is 69.2 Å². The van der Waals surface area contributed by atoms with Gasteiger partial charge in [0.1, 0.15) is 5.75 Å². The monoisotopic (exact) mass is 693 g/mol. The Kier molecular flexibility index (Phi) is 9.83. The number of benzene rings is 4. The first-order valence-corrected chi connectivity index (χ1v) is 17.5. The zero-order valence-corrected chi connectivity index (χ0v) is 30.6. The summed E-state index contributed by atoms with van der Waals surface area (Å²) in [5, 5.41) is 0. The van der Waals surface area contributed by atoms with Gasteiger partial charge >= 0.3 is 5.97 Å². The van der Waals surface area contributed by atoms with Gasteiger partial charge in [-0.1, -0.05) is 18.2 Å². The van der Waals surface area contributed by atoms with Crippen LogP contribution in [0.2, 0.25) is 0 Å². The first-order valence-electron chi connectivity index (χ1n) is 17.5. The van der Waals surface area contributed by atoms with Crippen molar-refractivity contribution in [3.63, 3.8) is 0 Å². The highest BCUT2D eigenvalue weighted by Gasteiger charge is 2.35. The van der Waals surface area contributed by atoms with Gasteiger partial charge in [0.2, 0.25) is 5.75 Å².